The quantitative estimate of drug-likeness (QED) is 0.330. The van der Waals surface area contributed by atoms with Crippen LogP contribution in [0.2, 0.25) is 0 Å². The van der Waals surface area contributed by atoms with E-state index in [9.17, 15) is 22.8 Å². The molecule has 10 nitrogen and oxygen atoms in total. The second kappa shape index (κ2) is 10.9. The first-order chi connectivity index (χ1) is 14.9. The van der Waals surface area contributed by atoms with Crippen LogP contribution in [-0.2, 0) is 24.5 Å². The molecule has 2 fully saturated rings. The van der Waals surface area contributed by atoms with E-state index >= 15 is 0 Å². The number of amides is 2. The van der Waals surface area contributed by atoms with Gasteiger partial charge in [0.1, 0.15) is 6.04 Å². The number of aryl methyl sites for hydroxylation is 1. The zero-order valence-electron chi connectivity index (χ0n) is 18.2. The molecule has 2 aliphatic carbocycles. The van der Waals surface area contributed by atoms with Gasteiger partial charge < -0.3 is 21.5 Å². The van der Waals surface area contributed by atoms with Gasteiger partial charge in [0.2, 0.25) is 11.8 Å². The van der Waals surface area contributed by atoms with E-state index in [2.05, 4.69) is 10.6 Å². The van der Waals surface area contributed by atoms with Gasteiger partial charge in [-0.3, -0.25) is 18.9 Å². The van der Waals surface area contributed by atoms with Crippen molar-refractivity contribution in [1.82, 2.24) is 10.6 Å². The zero-order valence-corrected chi connectivity index (χ0v) is 19.0. The first kappa shape index (κ1) is 25.8. The molecule has 178 valence electrons. The van der Waals surface area contributed by atoms with Gasteiger partial charge in [-0.05, 0) is 63.5 Å². The van der Waals surface area contributed by atoms with E-state index in [1.165, 1.54) is 12.1 Å². The van der Waals surface area contributed by atoms with E-state index in [1.54, 1.807) is 19.1 Å². The highest BCUT2D eigenvalue weighted by molar-refractivity contribution is 7.85. The van der Waals surface area contributed by atoms with Gasteiger partial charge in [0, 0.05) is 6.04 Å². The van der Waals surface area contributed by atoms with Crippen molar-refractivity contribution >= 4 is 27.9 Å². The minimum absolute atomic E-state index is 0.0666. The van der Waals surface area contributed by atoms with E-state index in [-0.39, 0.29) is 16.8 Å². The molecule has 6 N–H and O–H groups in total. The summed E-state index contributed by atoms with van der Waals surface area (Å²) in [5.74, 6) is -0.821. The van der Waals surface area contributed by atoms with Crippen LogP contribution in [0.25, 0.3) is 0 Å². The number of hydrogen-bond acceptors (Lipinski definition) is 6. The van der Waals surface area contributed by atoms with E-state index in [0.29, 0.717) is 11.8 Å². The molecule has 0 bridgehead atoms. The molecule has 0 saturated heterocycles. The monoisotopic (exact) mass is 469 g/mol. The van der Waals surface area contributed by atoms with Crippen LogP contribution in [0, 0.1) is 18.8 Å². The Bertz CT molecular complexity index is 913. The van der Waals surface area contributed by atoms with Crippen molar-refractivity contribution in [1.29, 1.82) is 0 Å². The van der Waals surface area contributed by atoms with Crippen LogP contribution < -0.4 is 16.4 Å². The van der Waals surface area contributed by atoms with Gasteiger partial charge in [-0.1, -0.05) is 17.7 Å². The van der Waals surface area contributed by atoms with Crippen LogP contribution in [0.3, 0.4) is 0 Å². The molecule has 2 saturated carbocycles. The van der Waals surface area contributed by atoms with Crippen molar-refractivity contribution in [3.8, 4) is 0 Å². The molecular weight excluding hydrogens is 438 g/mol. The molecule has 2 aliphatic rings. The first-order valence-electron chi connectivity index (χ1n) is 10.5. The van der Waals surface area contributed by atoms with Gasteiger partial charge in [0.15, 0.2) is 0 Å². The van der Waals surface area contributed by atoms with Crippen molar-refractivity contribution in [2.45, 2.75) is 69.0 Å². The highest BCUT2D eigenvalue weighted by atomic mass is 32.2. The lowest BCUT2D eigenvalue weighted by molar-refractivity contribution is -0.139. The summed E-state index contributed by atoms with van der Waals surface area (Å²) in [4.78, 5) is 34.2. The lowest BCUT2D eigenvalue weighted by Gasteiger charge is -2.22. The SMILES string of the molecule is C[C@@H](NC(=O)[C@@H](N)CC(=O)O)C(=O)NC(C1CC1)C1CC1.Cc1ccc(S(=O)(=O)O)cc1. The number of aliphatic carboxylic acids is 1. The van der Waals surface area contributed by atoms with Crippen LogP contribution in [-0.4, -0.2) is 54.0 Å². The van der Waals surface area contributed by atoms with Gasteiger partial charge >= 0.3 is 5.97 Å². The Morgan fingerprint density at radius 2 is 1.53 bits per heavy atom. The molecule has 11 heteroatoms. The molecule has 0 unspecified atom stereocenters. The smallest absolute Gasteiger partial charge is 0.305 e. The van der Waals surface area contributed by atoms with Gasteiger partial charge in [-0.2, -0.15) is 8.42 Å². The largest absolute Gasteiger partial charge is 0.481 e. The summed E-state index contributed by atoms with van der Waals surface area (Å²) in [6.45, 7) is 3.42. The summed E-state index contributed by atoms with van der Waals surface area (Å²) >= 11 is 0. The minimum atomic E-state index is -4.02. The van der Waals surface area contributed by atoms with Gasteiger partial charge in [-0.15, -0.1) is 0 Å². The van der Waals surface area contributed by atoms with Crippen molar-refractivity contribution in [2.24, 2.45) is 17.6 Å². The van der Waals surface area contributed by atoms with Crippen LogP contribution in [0.15, 0.2) is 29.2 Å². The lowest BCUT2D eigenvalue weighted by Crippen LogP contribution is -2.53. The second-order valence-electron chi connectivity index (χ2n) is 8.43. The number of nitrogens with one attached hydrogen (secondary N) is 2. The standard InChI is InChI=1S/C14H23N3O4.C7H8O3S/c1-7(16-14(21)10(15)6-11(18)19)13(20)17-12(8-2-3-8)9-4-5-9;1-6-2-4-7(5-3-6)11(8,9)10/h7-10,12H,2-6,15H2,1H3,(H,16,21)(H,17,20)(H,18,19);2-5H,1H3,(H,8,9,10)/t7-,10+;/m1./s1. The number of carboxylic acid groups (broad SMARTS) is 1. The van der Waals surface area contributed by atoms with E-state index < -0.39 is 40.5 Å². The highest BCUT2D eigenvalue weighted by Crippen LogP contribution is 2.44. The number of carboxylic acids is 1. The lowest BCUT2D eigenvalue weighted by atomic mass is 10.1. The predicted molar refractivity (Wildman–Crippen MR) is 116 cm³/mol. The normalized spacial score (nSPS) is 17.5. The maximum absolute atomic E-state index is 12.1. The summed E-state index contributed by atoms with van der Waals surface area (Å²) in [5.41, 5.74) is 6.42. The maximum atomic E-state index is 12.1. The van der Waals surface area contributed by atoms with Crippen LogP contribution in [0.4, 0.5) is 0 Å². The second-order valence-corrected chi connectivity index (χ2v) is 9.85. The number of benzene rings is 1. The molecule has 1 aromatic rings. The Kier molecular flexibility index (Phi) is 8.76. The molecule has 0 spiro atoms. The average Bonchev–Trinajstić information content (AvgIpc) is 3.59. The third-order valence-electron chi connectivity index (χ3n) is 5.37. The van der Waals surface area contributed by atoms with E-state index in [0.717, 1.165) is 31.2 Å². The van der Waals surface area contributed by atoms with Gasteiger partial charge in [-0.25, -0.2) is 0 Å². The fraction of sp³-hybridized carbons (Fsp3) is 0.571. The highest BCUT2D eigenvalue weighted by Gasteiger charge is 2.42. The number of hydrogen-bond donors (Lipinski definition) is 5. The summed E-state index contributed by atoms with van der Waals surface area (Å²) in [6.07, 6.45) is 4.18. The molecular formula is C21H31N3O7S. The van der Waals surface area contributed by atoms with Crippen molar-refractivity contribution in [2.75, 3.05) is 0 Å². The number of rotatable bonds is 9. The maximum Gasteiger partial charge on any atom is 0.305 e. The summed E-state index contributed by atoms with van der Waals surface area (Å²) in [7, 11) is -4.02. The fourth-order valence-corrected chi connectivity index (χ4v) is 3.68. The first-order valence-corrected chi connectivity index (χ1v) is 11.9. The van der Waals surface area contributed by atoms with E-state index in [4.69, 9.17) is 15.4 Å². The third-order valence-corrected chi connectivity index (χ3v) is 6.24. The summed E-state index contributed by atoms with van der Waals surface area (Å²) in [5, 5.41) is 14.1. The van der Waals surface area contributed by atoms with Crippen LogP contribution in [0.5, 0.6) is 0 Å². The van der Waals surface area contributed by atoms with Crippen molar-refractivity contribution in [3.63, 3.8) is 0 Å². The van der Waals surface area contributed by atoms with Crippen LogP contribution in [0.1, 0.15) is 44.6 Å². The molecule has 32 heavy (non-hydrogen) atoms. The Hall–Kier alpha value is -2.50. The van der Waals surface area contributed by atoms with Crippen molar-refractivity contribution < 1.29 is 32.5 Å². The Labute approximate surface area is 187 Å². The molecule has 0 radical (unpaired) electrons. The fourth-order valence-electron chi connectivity index (χ4n) is 3.20. The van der Waals surface area contributed by atoms with Crippen molar-refractivity contribution in [3.05, 3.63) is 29.8 Å². The molecule has 0 aromatic heterocycles. The molecule has 1 aromatic carbocycles. The van der Waals surface area contributed by atoms with Gasteiger partial charge in [0.25, 0.3) is 10.1 Å². The molecule has 2 amide bonds. The Morgan fingerprint density at radius 1 is 1.03 bits per heavy atom. The summed E-state index contributed by atoms with van der Waals surface area (Å²) in [6, 6.07) is 4.36. The van der Waals surface area contributed by atoms with Gasteiger partial charge in [0.05, 0.1) is 17.4 Å². The minimum Gasteiger partial charge on any atom is -0.481 e. The average molecular weight is 470 g/mol. The molecule has 2 atom stereocenters. The number of carbonyl (C=O) groups excluding carboxylic acids is 2. The Morgan fingerprint density at radius 3 is 1.94 bits per heavy atom. The van der Waals surface area contributed by atoms with E-state index in [1.807, 2.05) is 6.92 Å². The predicted octanol–water partition coefficient (Wildman–Crippen LogP) is 0.840. The molecule has 0 aliphatic heterocycles. The molecule has 3 rings (SSSR count). The number of nitrogens with two attached hydrogens (primary N) is 1. The van der Waals surface area contributed by atoms with Crippen LogP contribution >= 0.6 is 0 Å². The third kappa shape index (κ3) is 8.56. The number of carbonyl (C=O) groups is 3. The zero-order chi connectivity index (χ0) is 24.1. The Balaban J connectivity index is 0.000000278. The topological polar surface area (TPSA) is 176 Å². The molecule has 0 heterocycles. The summed E-state index contributed by atoms with van der Waals surface area (Å²) < 4.78 is 29.6.